The fourth-order valence-electron chi connectivity index (χ4n) is 1.56. The Kier molecular flexibility index (Phi) is 2.78. The minimum absolute atomic E-state index is 0.374. The number of benzene rings is 1. The first-order chi connectivity index (χ1) is 7.22. The van der Waals surface area contributed by atoms with Crippen LogP contribution < -0.4 is 0 Å². The van der Waals surface area contributed by atoms with Crippen LogP contribution in [-0.2, 0) is 5.88 Å². The first kappa shape index (κ1) is 10.2. The number of hydrogen-bond acceptors (Lipinski definition) is 2. The zero-order valence-corrected chi connectivity index (χ0v) is 9.51. The van der Waals surface area contributed by atoms with E-state index in [2.05, 4.69) is 37.0 Å². The summed E-state index contributed by atoms with van der Waals surface area (Å²) in [7, 11) is 0. The average Bonchev–Trinajstić information content (AvgIpc) is 2.69. The number of hydrogen-bond donors (Lipinski definition) is 0. The summed E-state index contributed by atoms with van der Waals surface area (Å²) in [6.07, 6.45) is 1.44. The predicted molar refractivity (Wildman–Crippen MR) is 61.0 cm³/mol. The fourth-order valence-corrected chi connectivity index (χ4v) is 1.75. The van der Waals surface area contributed by atoms with Gasteiger partial charge in [0.15, 0.2) is 12.2 Å². The van der Waals surface area contributed by atoms with Crippen molar-refractivity contribution in [2.24, 2.45) is 0 Å². The Balaban J connectivity index is 2.58. The molecule has 2 rings (SSSR count). The topological polar surface area (TPSA) is 26.0 Å². The Bertz CT molecular complexity index is 476. The zero-order valence-electron chi connectivity index (χ0n) is 8.75. The molecule has 1 aromatic carbocycles. The standard InChI is InChI=1S/C12H12ClNO/c1-8-3-4-9(2)10(5-8)12-11(6-13)14-7-15-12/h3-5,7H,6H2,1-2H3. The van der Waals surface area contributed by atoms with E-state index >= 15 is 0 Å². The molecule has 0 aliphatic carbocycles. The zero-order chi connectivity index (χ0) is 10.8. The molecule has 2 aromatic rings. The molecule has 0 N–H and O–H groups in total. The minimum Gasteiger partial charge on any atom is -0.443 e. The summed E-state index contributed by atoms with van der Waals surface area (Å²) in [6.45, 7) is 4.11. The molecule has 78 valence electrons. The van der Waals surface area contributed by atoms with Gasteiger partial charge < -0.3 is 4.42 Å². The number of aromatic nitrogens is 1. The molecule has 0 saturated heterocycles. The van der Waals surface area contributed by atoms with Crippen molar-refractivity contribution in [3.05, 3.63) is 41.4 Å². The molecule has 1 heterocycles. The summed E-state index contributed by atoms with van der Waals surface area (Å²) in [5, 5.41) is 0. The Morgan fingerprint density at radius 1 is 1.33 bits per heavy atom. The Hall–Kier alpha value is -1.28. The monoisotopic (exact) mass is 221 g/mol. The maximum Gasteiger partial charge on any atom is 0.181 e. The maximum absolute atomic E-state index is 5.79. The van der Waals surface area contributed by atoms with Gasteiger partial charge in [0.25, 0.3) is 0 Å². The molecular weight excluding hydrogens is 210 g/mol. The van der Waals surface area contributed by atoms with E-state index in [-0.39, 0.29) is 0 Å². The van der Waals surface area contributed by atoms with Crippen molar-refractivity contribution in [1.82, 2.24) is 4.98 Å². The summed E-state index contributed by atoms with van der Waals surface area (Å²) >= 11 is 5.79. The molecule has 15 heavy (non-hydrogen) atoms. The van der Waals surface area contributed by atoms with Crippen molar-refractivity contribution in [1.29, 1.82) is 0 Å². The number of rotatable bonds is 2. The summed E-state index contributed by atoms with van der Waals surface area (Å²) in [4.78, 5) is 4.08. The summed E-state index contributed by atoms with van der Waals surface area (Å²) in [5.41, 5.74) is 4.24. The molecule has 0 radical (unpaired) electrons. The molecule has 0 spiro atoms. The van der Waals surface area contributed by atoms with E-state index < -0.39 is 0 Å². The van der Waals surface area contributed by atoms with Gasteiger partial charge in [0.1, 0.15) is 5.69 Å². The molecule has 0 saturated carbocycles. The van der Waals surface area contributed by atoms with Gasteiger partial charge in [0, 0.05) is 5.56 Å². The number of alkyl halides is 1. The van der Waals surface area contributed by atoms with Crippen LogP contribution in [0.4, 0.5) is 0 Å². The summed E-state index contributed by atoms with van der Waals surface area (Å²) < 4.78 is 5.38. The van der Waals surface area contributed by atoms with E-state index in [0.29, 0.717) is 5.88 Å². The van der Waals surface area contributed by atoms with Crippen molar-refractivity contribution in [2.45, 2.75) is 19.7 Å². The van der Waals surface area contributed by atoms with Gasteiger partial charge in [-0.05, 0) is 25.5 Å². The molecule has 0 fully saturated rings. The van der Waals surface area contributed by atoms with Crippen molar-refractivity contribution in [3.63, 3.8) is 0 Å². The third-order valence-electron chi connectivity index (χ3n) is 2.41. The second-order valence-corrected chi connectivity index (χ2v) is 3.85. The second-order valence-electron chi connectivity index (χ2n) is 3.58. The van der Waals surface area contributed by atoms with E-state index in [1.165, 1.54) is 17.5 Å². The maximum atomic E-state index is 5.79. The van der Waals surface area contributed by atoms with E-state index in [9.17, 15) is 0 Å². The third-order valence-corrected chi connectivity index (χ3v) is 2.66. The fraction of sp³-hybridized carbons (Fsp3) is 0.250. The van der Waals surface area contributed by atoms with Gasteiger partial charge in [-0.2, -0.15) is 0 Å². The lowest BCUT2D eigenvalue weighted by molar-refractivity contribution is 0.571. The van der Waals surface area contributed by atoms with Crippen LogP contribution in [0.25, 0.3) is 11.3 Å². The van der Waals surface area contributed by atoms with E-state index in [4.69, 9.17) is 16.0 Å². The number of aryl methyl sites for hydroxylation is 2. The van der Waals surface area contributed by atoms with Crippen LogP contribution in [0, 0.1) is 13.8 Å². The molecule has 2 nitrogen and oxygen atoms in total. The summed E-state index contributed by atoms with van der Waals surface area (Å²) in [6, 6.07) is 6.24. The lowest BCUT2D eigenvalue weighted by Crippen LogP contribution is -1.87. The molecule has 0 bridgehead atoms. The van der Waals surface area contributed by atoms with Gasteiger partial charge in [-0.25, -0.2) is 4.98 Å². The van der Waals surface area contributed by atoms with Crippen molar-refractivity contribution in [2.75, 3.05) is 0 Å². The third kappa shape index (κ3) is 1.90. The molecule has 0 aliphatic rings. The molecule has 0 unspecified atom stereocenters. The highest BCUT2D eigenvalue weighted by atomic mass is 35.5. The number of oxazole rings is 1. The van der Waals surface area contributed by atoms with Crippen LogP contribution >= 0.6 is 11.6 Å². The molecular formula is C12H12ClNO. The Morgan fingerprint density at radius 3 is 2.87 bits per heavy atom. The number of halogens is 1. The molecule has 0 atom stereocenters. The van der Waals surface area contributed by atoms with Crippen LogP contribution in [0.5, 0.6) is 0 Å². The first-order valence-electron chi connectivity index (χ1n) is 4.78. The van der Waals surface area contributed by atoms with Crippen LogP contribution in [0.15, 0.2) is 29.0 Å². The van der Waals surface area contributed by atoms with Gasteiger partial charge >= 0.3 is 0 Å². The highest BCUT2D eigenvalue weighted by molar-refractivity contribution is 6.17. The lowest BCUT2D eigenvalue weighted by Gasteiger charge is -2.04. The van der Waals surface area contributed by atoms with Crippen LogP contribution in [0.1, 0.15) is 16.8 Å². The van der Waals surface area contributed by atoms with Crippen molar-refractivity contribution < 1.29 is 4.42 Å². The van der Waals surface area contributed by atoms with E-state index in [0.717, 1.165) is 17.0 Å². The lowest BCUT2D eigenvalue weighted by atomic mass is 10.0. The highest BCUT2D eigenvalue weighted by Crippen LogP contribution is 2.28. The molecule has 3 heteroatoms. The van der Waals surface area contributed by atoms with Gasteiger partial charge in [-0.15, -0.1) is 11.6 Å². The smallest absolute Gasteiger partial charge is 0.181 e. The SMILES string of the molecule is Cc1ccc(C)c(-c2ocnc2CCl)c1. The second kappa shape index (κ2) is 4.07. The predicted octanol–water partition coefficient (Wildman–Crippen LogP) is 3.70. The van der Waals surface area contributed by atoms with Crippen LogP contribution in [0.3, 0.4) is 0 Å². The van der Waals surface area contributed by atoms with Crippen molar-refractivity contribution >= 4 is 11.6 Å². The minimum atomic E-state index is 0.374. The normalized spacial score (nSPS) is 10.6. The first-order valence-corrected chi connectivity index (χ1v) is 5.32. The highest BCUT2D eigenvalue weighted by Gasteiger charge is 2.11. The van der Waals surface area contributed by atoms with Crippen LogP contribution in [0.2, 0.25) is 0 Å². The molecule has 0 aliphatic heterocycles. The van der Waals surface area contributed by atoms with E-state index in [1.54, 1.807) is 0 Å². The van der Waals surface area contributed by atoms with Gasteiger partial charge in [-0.3, -0.25) is 0 Å². The number of nitrogens with zero attached hydrogens (tertiary/aromatic N) is 1. The Morgan fingerprint density at radius 2 is 2.13 bits per heavy atom. The van der Waals surface area contributed by atoms with Crippen molar-refractivity contribution in [3.8, 4) is 11.3 Å². The van der Waals surface area contributed by atoms with Gasteiger partial charge in [-0.1, -0.05) is 17.7 Å². The Labute approximate surface area is 93.9 Å². The summed E-state index contributed by atoms with van der Waals surface area (Å²) in [5.74, 6) is 1.16. The molecule has 1 aromatic heterocycles. The average molecular weight is 222 g/mol. The van der Waals surface area contributed by atoms with Crippen LogP contribution in [-0.4, -0.2) is 4.98 Å². The van der Waals surface area contributed by atoms with Gasteiger partial charge in [0.2, 0.25) is 0 Å². The van der Waals surface area contributed by atoms with Gasteiger partial charge in [0.05, 0.1) is 5.88 Å². The molecule has 0 amide bonds. The van der Waals surface area contributed by atoms with E-state index in [1.807, 2.05) is 0 Å². The largest absolute Gasteiger partial charge is 0.443 e. The quantitative estimate of drug-likeness (QED) is 0.723.